The maximum absolute atomic E-state index is 9.85. The minimum atomic E-state index is -0.718. The normalized spacial score (nSPS) is 14.6. The van der Waals surface area contributed by atoms with Gasteiger partial charge >= 0.3 is 0 Å². The molecule has 1 rings (SSSR count). The van der Waals surface area contributed by atoms with E-state index in [-0.39, 0.29) is 0 Å². The second-order valence-electron chi connectivity index (χ2n) is 3.86. The molecule has 0 aliphatic heterocycles. The molecular weight excluding hydrogens is 270 g/mol. The Hall–Kier alpha value is -0.580. The largest absolute Gasteiger partial charge is 0.374 e. The highest BCUT2D eigenvalue weighted by Gasteiger charge is 2.19. The third kappa shape index (κ3) is 2.97. The fourth-order valence-electron chi connectivity index (χ4n) is 1.58. The lowest BCUT2D eigenvalue weighted by molar-refractivity contribution is 0.0915. The van der Waals surface area contributed by atoms with Gasteiger partial charge in [0.1, 0.15) is 12.5 Å². The predicted octanol–water partition coefficient (Wildman–Crippen LogP) is 2.63. The Bertz CT molecular complexity index is 355. The van der Waals surface area contributed by atoms with E-state index in [1.165, 1.54) is 0 Å². The van der Waals surface area contributed by atoms with Gasteiger partial charge in [-0.1, -0.05) is 28.9 Å². The molecule has 0 aromatic heterocycles. The van der Waals surface area contributed by atoms with Crippen molar-refractivity contribution in [1.29, 1.82) is 0 Å². The molecule has 0 aliphatic rings. The number of aliphatic hydroxyl groups excluding tert-OH is 2. The van der Waals surface area contributed by atoms with Crippen molar-refractivity contribution in [3.8, 4) is 0 Å². The first-order chi connectivity index (χ1) is 7.47. The molecule has 0 saturated carbocycles. The van der Waals surface area contributed by atoms with Crippen LogP contribution in [0.15, 0.2) is 22.7 Å². The number of aliphatic hydroxyl groups is 2. The first kappa shape index (κ1) is 13.5. The summed E-state index contributed by atoms with van der Waals surface area (Å²) in [7, 11) is 0. The number of rotatable bonds is 4. The summed E-state index contributed by atoms with van der Waals surface area (Å²) in [4.78, 5) is 1.59. The second kappa shape index (κ2) is 5.66. The van der Waals surface area contributed by atoms with Gasteiger partial charge in [-0.15, -0.1) is 0 Å². The van der Waals surface area contributed by atoms with Crippen LogP contribution in [-0.2, 0) is 0 Å². The third-order valence-corrected chi connectivity index (χ3v) is 3.40. The molecule has 0 amide bonds. The van der Waals surface area contributed by atoms with Crippen LogP contribution in [0.4, 0.5) is 5.69 Å². The smallest absolute Gasteiger partial charge is 0.128 e. The molecule has 0 aliphatic carbocycles. The number of anilines is 1. The summed E-state index contributed by atoms with van der Waals surface area (Å²) in [6.45, 7) is 5.52. The lowest BCUT2D eigenvalue weighted by atomic mass is 10.2. The van der Waals surface area contributed by atoms with E-state index in [1.54, 1.807) is 11.8 Å². The van der Waals surface area contributed by atoms with E-state index < -0.39 is 12.5 Å². The Kier molecular flexibility index (Phi) is 4.77. The molecule has 0 radical (unpaired) electrons. The maximum Gasteiger partial charge on any atom is 0.128 e. The topological polar surface area (TPSA) is 43.7 Å². The Morgan fingerprint density at radius 1 is 1.38 bits per heavy atom. The van der Waals surface area contributed by atoms with Gasteiger partial charge in [0.05, 0.1) is 0 Å². The van der Waals surface area contributed by atoms with E-state index in [0.29, 0.717) is 6.42 Å². The maximum atomic E-state index is 9.85. The molecule has 2 unspecified atom stereocenters. The summed E-state index contributed by atoms with van der Waals surface area (Å²) >= 11 is 3.44. The van der Waals surface area contributed by atoms with Crippen molar-refractivity contribution in [3.05, 3.63) is 28.2 Å². The summed E-state index contributed by atoms with van der Waals surface area (Å²) in [6, 6.07) is 5.75. The van der Waals surface area contributed by atoms with E-state index in [9.17, 15) is 10.2 Å². The van der Waals surface area contributed by atoms with E-state index in [0.717, 1.165) is 15.7 Å². The highest BCUT2D eigenvalue weighted by molar-refractivity contribution is 9.10. The van der Waals surface area contributed by atoms with Gasteiger partial charge in [-0.3, -0.25) is 0 Å². The standard InChI is InChI=1S/C12H18BrNO2/c1-4-12(16)14(9(3)15)10-6-5-8(2)11(13)7-10/h5-7,9,12,15-16H,4H2,1-3H3. The van der Waals surface area contributed by atoms with Gasteiger partial charge in [-0.2, -0.15) is 0 Å². The first-order valence-electron chi connectivity index (χ1n) is 5.38. The van der Waals surface area contributed by atoms with Crippen LogP contribution in [0.3, 0.4) is 0 Å². The fourth-order valence-corrected chi connectivity index (χ4v) is 1.94. The van der Waals surface area contributed by atoms with Crippen molar-refractivity contribution in [3.63, 3.8) is 0 Å². The number of hydrogen-bond donors (Lipinski definition) is 2. The van der Waals surface area contributed by atoms with Crippen LogP contribution in [-0.4, -0.2) is 22.7 Å². The average molecular weight is 288 g/mol. The lowest BCUT2D eigenvalue weighted by Crippen LogP contribution is -2.41. The van der Waals surface area contributed by atoms with Gasteiger partial charge in [0, 0.05) is 10.2 Å². The summed E-state index contributed by atoms with van der Waals surface area (Å²) in [6.07, 6.45) is -0.824. The SMILES string of the molecule is CCC(O)N(c1ccc(C)c(Br)c1)C(C)O. The predicted molar refractivity (Wildman–Crippen MR) is 69.3 cm³/mol. The number of nitrogens with zero attached hydrogens (tertiary/aromatic N) is 1. The van der Waals surface area contributed by atoms with E-state index in [4.69, 9.17) is 0 Å². The summed E-state index contributed by atoms with van der Waals surface area (Å²) in [5, 5.41) is 19.5. The summed E-state index contributed by atoms with van der Waals surface area (Å²) < 4.78 is 0.971. The van der Waals surface area contributed by atoms with E-state index in [1.807, 2.05) is 32.0 Å². The molecule has 4 heteroatoms. The minimum absolute atomic E-state index is 0.566. The van der Waals surface area contributed by atoms with Gasteiger partial charge in [0.25, 0.3) is 0 Å². The fraction of sp³-hybridized carbons (Fsp3) is 0.500. The number of aryl methyl sites for hydroxylation is 1. The van der Waals surface area contributed by atoms with Crippen molar-refractivity contribution in [2.45, 2.75) is 39.6 Å². The Labute approximate surface area is 105 Å². The number of halogens is 1. The highest BCUT2D eigenvalue weighted by atomic mass is 79.9. The third-order valence-electron chi connectivity index (χ3n) is 2.54. The Morgan fingerprint density at radius 3 is 2.44 bits per heavy atom. The zero-order chi connectivity index (χ0) is 12.3. The van der Waals surface area contributed by atoms with Crippen molar-refractivity contribution < 1.29 is 10.2 Å². The Balaban J connectivity index is 3.06. The van der Waals surface area contributed by atoms with E-state index >= 15 is 0 Å². The first-order valence-corrected chi connectivity index (χ1v) is 6.17. The van der Waals surface area contributed by atoms with Crippen LogP contribution in [0.2, 0.25) is 0 Å². The van der Waals surface area contributed by atoms with Crippen LogP contribution in [0.25, 0.3) is 0 Å². The van der Waals surface area contributed by atoms with Crippen molar-refractivity contribution in [2.24, 2.45) is 0 Å². The Morgan fingerprint density at radius 2 is 2.00 bits per heavy atom. The van der Waals surface area contributed by atoms with Crippen LogP contribution in [0, 0.1) is 6.92 Å². The van der Waals surface area contributed by atoms with E-state index in [2.05, 4.69) is 15.9 Å². The van der Waals surface area contributed by atoms with Gasteiger partial charge in [-0.05, 0) is 38.0 Å². The zero-order valence-electron chi connectivity index (χ0n) is 9.81. The van der Waals surface area contributed by atoms with Gasteiger partial charge in [0.15, 0.2) is 0 Å². The van der Waals surface area contributed by atoms with Gasteiger partial charge < -0.3 is 15.1 Å². The lowest BCUT2D eigenvalue weighted by Gasteiger charge is -2.32. The molecule has 0 bridgehead atoms. The second-order valence-corrected chi connectivity index (χ2v) is 4.72. The molecule has 1 aromatic carbocycles. The van der Waals surface area contributed by atoms with Crippen LogP contribution >= 0.6 is 15.9 Å². The average Bonchev–Trinajstić information content (AvgIpc) is 2.22. The van der Waals surface area contributed by atoms with Crippen LogP contribution in [0.1, 0.15) is 25.8 Å². The molecule has 16 heavy (non-hydrogen) atoms. The van der Waals surface area contributed by atoms with Crippen molar-refractivity contribution in [2.75, 3.05) is 4.90 Å². The molecule has 3 nitrogen and oxygen atoms in total. The number of hydrogen-bond acceptors (Lipinski definition) is 3. The quantitative estimate of drug-likeness (QED) is 0.837. The highest BCUT2D eigenvalue weighted by Crippen LogP contribution is 2.26. The molecule has 0 fully saturated rings. The molecule has 2 N–H and O–H groups in total. The molecule has 0 spiro atoms. The summed E-state index contributed by atoms with van der Waals surface area (Å²) in [5.41, 5.74) is 1.93. The monoisotopic (exact) mass is 287 g/mol. The molecular formula is C12H18BrNO2. The zero-order valence-corrected chi connectivity index (χ0v) is 11.4. The molecule has 90 valence electrons. The molecule has 0 heterocycles. The molecule has 0 saturated heterocycles. The molecule has 2 atom stereocenters. The van der Waals surface area contributed by atoms with Crippen LogP contribution < -0.4 is 4.90 Å². The van der Waals surface area contributed by atoms with Crippen LogP contribution in [0.5, 0.6) is 0 Å². The minimum Gasteiger partial charge on any atom is -0.374 e. The summed E-state index contributed by atoms with van der Waals surface area (Å²) in [5.74, 6) is 0. The van der Waals surface area contributed by atoms with Crippen molar-refractivity contribution >= 4 is 21.6 Å². The molecule has 1 aromatic rings. The van der Waals surface area contributed by atoms with Gasteiger partial charge in [0.2, 0.25) is 0 Å². The number of benzene rings is 1. The van der Waals surface area contributed by atoms with Gasteiger partial charge in [-0.25, -0.2) is 0 Å². The van der Waals surface area contributed by atoms with Crippen molar-refractivity contribution in [1.82, 2.24) is 0 Å².